The van der Waals surface area contributed by atoms with Gasteiger partial charge in [0.25, 0.3) is 0 Å². The largest absolute Gasteiger partial charge is 0.462 e. The van der Waals surface area contributed by atoms with E-state index < -0.39 is 0 Å². The third kappa shape index (κ3) is 4.29. The fourth-order valence-corrected chi connectivity index (χ4v) is 3.75. The van der Waals surface area contributed by atoms with Gasteiger partial charge < -0.3 is 15.4 Å². The molecule has 1 aliphatic rings. The number of rotatable bonds is 7. The number of ether oxygens (including phenoxy) is 1. The van der Waals surface area contributed by atoms with Gasteiger partial charge in [0.1, 0.15) is 5.00 Å². The van der Waals surface area contributed by atoms with Crippen LogP contribution >= 0.6 is 11.3 Å². The van der Waals surface area contributed by atoms with Crippen molar-refractivity contribution in [1.82, 2.24) is 10.6 Å². The molecule has 2 rings (SSSR count). The van der Waals surface area contributed by atoms with Crippen molar-refractivity contribution < 1.29 is 19.1 Å². The van der Waals surface area contributed by atoms with Gasteiger partial charge in [-0.1, -0.05) is 0 Å². The average Bonchev–Trinajstić information content (AvgIpc) is 3.07. The van der Waals surface area contributed by atoms with E-state index in [1.54, 1.807) is 6.92 Å². The lowest BCUT2D eigenvalue weighted by Crippen LogP contribution is -2.36. The monoisotopic (exact) mass is 339 g/mol. The highest BCUT2D eigenvalue weighted by molar-refractivity contribution is 7.17. The number of esters is 1. The van der Waals surface area contributed by atoms with Crippen molar-refractivity contribution in [2.45, 2.75) is 26.2 Å². The van der Waals surface area contributed by atoms with Gasteiger partial charge in [-0.3, -0.25) is 14.9 Å². The van der Waals surface area contributed by atoms with Crippen LogP contribution in [0, 0.1) is 0 Å². The molecule has 8 heteroatoms. The Morgan fingerprint density at radius 3 is 2.61 bits per heavy atom. The van der Waals surface area contributed by atoms with Gasteiger partial charge in [0, 0.05) is 11.9 Å². The van der Waals surface area contributed by atoms with Gasteiger partial charge in [0.05, 0.1) is 25.3 Å². The zero-order chi connectivity index (χ0) is 16.8. The number of amides is 2. The van der Waals surface area contributed by atoms with E-state index in [-0.39, 0.29) is 30.9 Å². The summed E-state index contributed by atoms with van der Waals surface area (Å²) in [6.45, 7) is 2.11. The number of hydrogen-bond donors (Lipinski definition) is 3. The Balaban J connectivity index is 2.03. The lowest BCUT2D eigenvalue weighted by molar-refractivity contribution is -0.120. The van der Waals surface area contributed by atoms with E-state index in [4.69, 9.17) is 4.74 Å². The molecule has 1 aromatic heterocycles. The summed E-state index contributed by atoms with van der Waals surface area (Å²) in [4.78, 5) is 36.4. The fourth-order valence-electron chi connectivity index (χ4n) is 2.46. The zero-order valence-electron chi connectivity index (χ0n) is 13.3. The van der Waals surface area contributed by atoms with E-state index in [0.29, 0.717) is 17.2 Å². The Bertz CT molecular complexity index is 612. The van der Waals surface area contributed by atoms with Gasteiger partial charge in [-0.25, -0.2) is 4.79 Å². The van der Waals surface area contributed by atoms with Crippen molar-refractivity contribution in [2.24, 2.45) is 0 Å². The molecule has 3 N–H and O–H groups in total. The molecule has 0 saturated heterocycles. The molecule has 1 aromatic rings. The maximum Gasteiger partial charge on any atom is 0.341 e. The second kappa shape index (κ2) is 8.07. The molecule has 23 heavy (non-hydrogen) atoms. The molecule has 0 spiro atoms. The lowest BCUT2D eigenvalue weighted by atomic mass is 10.1. The first kappa shape index (κ1) is 17.4. The Labute approximate surface area is 138 Å². The highest BCUT2D eigenvalue weighted by Crippen LogP contribution is 2.39. The standard InChI is InChI=1S/C15H21N3O4S/c1-3-22-15(21)13-9-5-4-6-10(9)23-14(13)18-12(20)8-17-7-11(19)16-2/h17H,3-8H2,1-2H3,(H,16,19)(H,18,20). The maximum atomic E-state index is 12.2. The van der Waals surface area contributed by atoms with Crippen LogP contribution in [0.2, 0.25) is 0 Å². The molecule has 0 atom stereocenters. The number of anilines is 1. The van der Waals surface area contributed by atoms with Crippen molar-refractivity contribution >= 4 is 34.1 Å². The number of nitrogens with one attached hydrogen (secondary N) is 3. The smallest absolute Gasteiger partial charge is 0.341 e. The summed E-state index contributed by atoms with van der Waals surface area (Å²) in [5, 5.41) is 8.50. The molecule has 126 valence electrons. The van der Waals surface area contributed by atoms with Gasteiger partial charge in [-0.15, -0.1) is 11.3 Å². The summed E-state index contributed by atoms with van der Waals surface area (Å²) in [6, 6.07) is 0. The topological polar surface area (TPSA) is 96.5 Å². The van der Waals surface area contributed by atoms with Gasteiger partial charge in [0.15, 0.2) is 0 Å². The maximum absolute atomic E-state index is 12.2. The summed E-state index contributed by atoms with van der Waals surface area (Å²) in [5.41, 5.74) is 1.49. The molecule has 0 unspecified atom stereocenters. The fraction of sp³-hybridized carbons (Fsp3) is 0.533. The molecule has 0 bridgehead atoms. The number of carbonyl (C=O) groups is 3. The number of likely N-dealkylation sites (N-methyl/N-ethyl adjacent to an activating group) is 1. The average molecular weight is 339 g/mol. The third-order valence-corrected chi connectivity index (χ3v) is 4.71. The van der Waals surface area contributed by atoms with Crippen LogP contribution in [0.15, 0.2) is 0 Å². The molecular formula is C15H21N3O4S. The van der Waals surface area contributed by atoms with E-state index in [0.717, 1.165) is 29.7 Å². The van der Waals surface area contributed by atoms with Crippen molar-refractivity contribution in [3.05, 3.63) is 16.0 Å². The summed E-state index contributed by atoms with van der Waals surface area (Å²) in [5.74, 6) is -0.875. The molecule has 1 heterocycles. The van der Waals surface area contributed by atoms with E-state index in [9.17, 15) is 14.4 Å². The minimum absolute atomic E-state index is 0.00173. The second-order valence-electron chi connectivity index (χ2n) is 5.11. The summed E-state index contributed by atoms with van der Waals surface area (Å²) >= 11 is 1.44. The van der Waals surface area contributed by atoms with Crippen LogP contribution in [-0.4, -0.2) is 44.5 Å². The van der Waals surface area contributed by atoms with Crippen molar-refractivity contribution in [1.29, 1.82) is 0 Å². The molecule has 0 saturated carbocycles. The first-order valence-corrected chi connectivity index (χ1v) is 8.41. The van der Waals surface area contributed by atoms with Crippen LogP contribution in [0.4, 0.5) is 5.00 Å². The van der Waals surface area contributed by atoms with Crippen LogP contribution in [0.5, 0.6) is 0 Å². The molecule has 2 amide bonds. The molecule has 0 aliphatic heterocycles. The van der Waals surface area contributed by atoms with Crippen LogP contribution in [0.25, 0.3) is 0 Å². The number of carbonyl (C=O) groups excluding carboxylic acids is 3. The summed E-state index contributed by atoms with van der Waals surface area (Å²) in [6.07, 6.45) is 2.79. The SMILES string of the molecule is CCOC(=O)c1c(NC(=O)CNCC(=O)NC)sc2c1CCC2. The molecule has 0 radical (unpaired) electrons. The normalized spacial score (nSPS) is 12.6. The van der Waals surface area contributed by atoms with E-state index >= 15 is 0 Å². The Kier molecular flexibility index (Phi) is 6.12. The van der Waals surface area contributed by atoms with Crippen LogP contribution in [0.3, 0.4) is 0 Å². The highest BCUT2D eigenvalue weighted by Gasteiger charge is 2.28. The van der Waals surface area contributed by atoms with Gasteiger partial charge >= 0.3 is 5.97 Å². The molecule has 7 nitrogen and oxygen atoms in total. The van der Waals surface area contributed by atoms with Crippen molar-refractivity contribution in [3.63, 3.8) is 0 Å². The predicted octanol–water partition coefficient (Wildman–Crippen LogP) is 0.688. The van der Waals surface area contributed by atoms with Gasteiger partial charge in [0.2, 0.25) is 11.8 Å². The van der Waals surface area contributed by atoms with Crippen LogP contribution in [0.1, 0.15) is 34.1 Å². The van der Waals surface area contributed by atoms with Gasteiger partial charge in [-0.2, -0.15) is 0 Å². The highest BCUT2D eigenvalue weighted by atomic mass is 32.1. The van der Waals surface area contributed by atoms with Gasteiger partial charge in [-0.05, 0) is 31.7 Å². The van der Waals surface area contributed by atoms with E-state index in [1.165, 1.54) is 18.4 Å². The summed E-state index contributed by atoms with van der Waals surface area (Å²) in [7, 11) is 1.53. The zero-order valence-corrected chi connectivity index (χ0v) is 14.1. The van der Waals surface area contributed by atoms with E-state index in [1.807, 2.05) is 0 Å². The second-order valence-corrected chi connectivity index (χ2v) is 6.21. The minimum atomic E-state index is -0.388. The number of hydrogen-bond acceptors (Lipinski definition) is 6. The number of thiophene rings is 1. The predicted molar refractivity (Wildman–Crippen MR) is 87.9 cm³/mol. The molecule has 1 aliphatic carbocycles. The third-order valence-electron chi connectivity index (χ3n) is 3.50. The Morgan fingerprint density at radius 2 is 1.91 bits per heavy atom. The van der Waals surface area contributed by atoms with Crippen molar-refractivity contribution in [2.75, 3.05) is 32.1 Å². The van der Waals surface area contributed by atoms with Crippen LogP contribution < -0.4 is 16.0 Å². The Hall–Kier alpha value is -1.93. The first-order valence-electron chi connectivity index (χ1n) is 7.59. The Morgan fingerprint density at radius 1 is 1.17 bits per heavy atom. The summed E-state index contributed by atoms with van der Waals surface area (Å²) < 4.78 is 5.11. The number of aryl methyl sites for hydroxylation is 1. The lowest BCUT2D eigenvalue weighted by Gasteiger charge is -2.08. The van der Waals surface area contributed by atoms with Crippen LogP contribution in [-0.2, 0) is 27.2 Å². The minimum Gasteiger partial charge on any atom is -0.462 e. The van der Waals surface area contributed by atoms with Crippen molar-refractivity contribution in [3.8, 4) is 0 Å². The molecular weight excluding hydrogens is 318 g/mol. The quantitative estimate of drug-likeness (QED) is 0.635. The first-order chi connectivity index (χ1) is 11.1. The molecule has 0 aromatic carbocycles. The molecule has 0 fully saturated rings. The van der Waals surface area contributed by atoms with E-state index in [2.05, 4.69) is 16.0 Å². The number of fused-ring (bicyclic) bond motifs is 1.